The van der Waals surface area contributed by atoms with Crippen LogP contribution in [0.4, 0.5) is 0 Å². The molecule has 0 aliphatic carbocycles. The number of hydrogen-bond acceptors (Lipinski definition) is 4. The highest BCUT2D eigenvalue weighted by molar-refractivity contribution is 6.11. The van der Waals surface area contributed by atoms with Crippen LogP contribution in [0.1, 0.15) is 0 Å². The Morgan fingerprint density at radius 1 is 1.70 bits per heavy atom. The quantitative estimate of drug-likeness (QED) is 0.486. The van der Waals surface area contributed by atoms with Crippen LogP contribution in [0.15, 0.2) is 21.9 Å². The first kappa shape index (κ1) is 6.47. The standard InChI is InChI=1S/C5H6N4O/c6-5(10)4-1-7-3-9-8-2-4/h1-3H,(H2,6,10)(H,7,9). The van der Waals surface area contributed by atoms with Gasteiger partial charge < -0.3 is 5.73 Å². The summed E-state index contributed by atoms with van der Waals surface area (Å²) in [6, 6.07) is 0. The zero-order chi connectivity index (χ0) is 7.40. The second-order valence-corrected chi connectivity index (χ2v) is 1.61. The maximum Gasteiger partial charge on any atom is 0.251 e. The van der Waals surface area contributed by atoms with Gasteiger partial charge >= 0.3 is 0 Å². The molecule has 0 spiro atoms. The molecule has 5 nitrogen and oxygen atoms in total. The van der Waals surface area contributed by atoms with Gasteiger partial charge in [-0.1, -0.05) is 0 Å². The van der Waals surface area contributed by atoms with E-state index in [1.165, 1.54) is 18.8 Å². The molecule has 1 aliphatic rings. The number of primary amides is 1. The smallest absolute Gasteiger partial charge is 0.251 e. The van der Waals surface area contributed by atoms with Crippen LogP contribution in [0.5, 0.6) is 0 Å². The van der Waals surface area contributed by atoms with Crippen LogP contribution in [-0.4, -0.2) is 18.5 Å². The highest BCUT2D eigenvalue weighted by atomic mass is 16.1. The molecular weight excluding hydrogens is 132 g/mol. The van der Waals surface area contributed by atoms with Crippen LogP contribution < -0.4 is 11.2 Å². The van der Waals surface area contributed by atoms with Crippen LogP contribution >= 0.6 is 0 Å². The maximum absolute atomic E-state index is 10.5. The van der Waals surface area contributed by atoms with E-state index in [1.807, 2.05) is 0 Å². The van der Waals surface area contributed by atoms with Crippen molar-refractivity contribution in [3.05, 3.63) is 11.8 Å². The number of carbonyl (C=O) groups excluding carboxylic acids is 1. The summed E-state index contributed by atoms with van der Waals surface area (Å²) in [5.41, 5.74) is 7.67. The third-order valence-electron chi connectivity index (χ3n) is 0.909. The first-order valence-electron chi connectivity index (χ1n) is 2.61. The monoisotopic (exact) mass is 138 g/mol. The van der Waals surface area contributed by atoms with E-state index in [9.17, 15) is 4.79 Å². The summed E-state index contributed by atoms with van der Waals surface area (Å²) in [6.07, 6.45) is 4.01. The lowest BCUT2D eigenvalue weighted by Crippen LogP contribution is -2.14. The molecule has 0 radical (unpaired) electrons. The van der Waals surface area contributed by atoms with Crippen LogP contribution in [-0.2, 0) is 4.79 Å². The molecule has 52 valence electrons. The Kier molecular flexibility index (Phi) is 1.79. The van der Waals surface area contributed by atoms with Crippen molar-refractivity contribution in [2.75, 3.05) is 0 Å². The lowest BCUT2D eigenvalue weighted by Gasteiger charge is -1.87. The number of rotatable bonds is 1. The molecule has 10 heavy (non-hydrogen) atoms. The Labute approximate surface area is 57.3 Å². The van der Waals surface area contributed by atoms with Gasteiger partial charge in [0, 0.05) is 6.20 Å². The number of nitrogens with two attached hydrogens (primary N) is 1. The van der Waals surface area contributed by atoms with Gasteiger partial charge in [-0.2, -0.15) is 5.10 Å². The average molecular weight is 138 g/mol. The number of amides is 1. The van der Waals surface area contributed by atoms with Crippen molar-refractivity contribution in [1.82, 2.24) is 5.43 Å². The van der Waals surface area contributed by atoms with E-state index in [-0.39, 0.29) is 5.57 Å². The predicted molar refractivity (Wildman–Crippen MR) is 37.4 cm³/mol. The maximum atomic E-state index is 10.5. The van der Waals surface area contributed by atoms with Crippen molar-refractivity contribution in [1.29, 1.82) is 0 Å². The molecule has 0 atom stereocenters. The van der Waals surface area contributed by atoms with Crippen molar-refractivity contribution in [2.24, 2.45) is 15.8 Å². The van der Waals surface area contributed by atoms with Gasteiger partial charge in [0.15, 0.2) is 0 Å². The first-order chi connectivity index (χ1) is 4.80. The second-order valence-electron chi connectivity index (χ2n) is 1.61. The summed E-state index contributed by atoms with van der Waals surface area (Å²) in [7, 11) is 0. The largest absolute Gasteiger partial charge is 0.366 e. The Bertz CT molecular complexity index is 228. The van der Waals surface area contributed by atoms with Crippen molar-refractivity contribution >= 4 is 18.5 Å². The fraction of sp³-hybridized carbons (Fsp3) is 0. The highest BCUT2D eigenvalue weighted by Crippen LogP contribution is 1.90. The minimum Gasteiger partial charge on any atom is -0.366 e. The molecule has 1 heterocycles. The molecule has 0 saturated heterocycles. The van der Waals surface area contributed by atoms with Gasteiger partial charge in [-0.25, -0.2) is 4.99 Å². The van der Waals surface area contributed by atoms with Gasteiger partial charge in [-0.15, -0.1) is 0 Å². The lowest BCUT2D eigenvalue weighted by molar-refractivity contribution is -0.114. The molecule has 1 rings (SSSR count). The van der Waals surface area contributed by atoms with Gasteiger partial charge in [-0.3, -0.25) is 10.2 Å². The predicted octanol–water partition coefficient (Wildman–Crippen LogP) is -1.03. The second kappa shape index (κ2) is 2.77. The van der Waals surface area contributed by atoms with Crippen LogP contribution in [0.25, 0.3) is 0 Å². The van der Waals surface area contributed by atoms with Crippen molar-refractivity contribution in [3.8, 4) is 0 Å². The van der Waals surface area contributed by atoms with E-state index in [0.29, 0.717) is 0 Å². The molecule has 0 aromatic rings. The normalized spacial score (nSPS) is 15.4. The summed E-state index contributed by atoms with van der Waals surface area (Å²) in [6.45, 7) is 0. The summed E-state index contributed by atoms with van der Waals surface area (Å²) >= 11 is 0. The van der Waals surface area contributed by atoms with Crippen LogP contribution in [0.2, 0.25) is 0 Å². The molecule has 0 unspecified atom stereocenters. The Balaban J connectivity index is 2.83. The molecule has 1 aliphatic heterocycles. The van der Waals surface area contributed by atoms with Crippen molar-refractivity contribution in [2.45, 2.75) is 0 Å². The number of hydrazone groups is 1. The van der Waals surface area contributed by atoms with Crippen LogP contribution in [0, 0.1) is 0 Å². The molecular formula is C5H6N4O. The van der Waals surface area contributed by atoms with Gasteiger partial charge in [0.1, 0.15) is 6.34 Å². The van der Waals surface area contributed by atoms with Crippen molar-refractivity contribution < 1.29 is 4.79 Å². The average Bonchev–Trinajstić information content (AvgIpc) is 2.12. The van der Waals surface area contributed by atoms with Gasteiger partial charge in [0.2, 0.25) is 0 Å². The third-order valence-corrected chi connectivity index (χ3v) is 0.909. The lowest BCUT2D eigenvalue weighted by atomic mass is 10.3. The minimum absolute atomic E-state index is 0.279. The Hall–Kier alpha value is -1.65. The molecule has 5 heteroatoms. The molecule has 1 amide bonds. The zero-order valence-electron chi connectivity index (χ0n) is 5.11. The number of nitrogens with zero attached hydrogens (tertiary/aromatic N) is 2. The molecule has 0 fully saturated rings. The highest BCUT2D eigenvalue weighted by Gasteiger charge is 2.00. The Morgan fingerprint density at radius 2 is 2.50 bits per heavy atom. The first-order valence-corrected chi connectivity index (χ1v) is 2.61. The van der Waals surface area contributed by atoms with Gasteiger partial charge in [0.05, 0.1) is 11.8 Å². The molecule has 0 aromatic carbocycles. The fourth-order valence-corrected chi connectivity index (χ4v) is 0.452. The van der Waals surface area contributed by atoms with E-state index < -0.39 is 5.91 Å². The minimum atomic E-state index is -0.537. The number of aliphatic imine (C=N–C) groups is 1. The molecule has 3 N–H and O–H groups in total. The topological polar surface area (TPSA) is 79.8 Å². The number of carbonyl (C=O) groups is 1. The number of hydrogen-bond donors (Lipinski definition) is 2. The SMILES string of the molecule is NC(=O)C1=CN=CNN=C1. The summed E-state index contributed by atoms with van der Waals surface area (Å²) < 4.78 is 0. The van der Waals surface area contributed by atoms with E-state index in [4.69, 9.17) is 5.73 Å². The summed E-state index contributed by atoms with van der Waals surface area (Å²) in [4.78, 5) is 14.1. The summed E-state index contributed by atoms with van der Waals surface area (Å²) in [5, 5.41) is 3.58. The van der Waals surface area contributed by atoms with E-state index in [2.05, 4.69) is 15.5 Å². The molecule has 0 aromatic heterocycles. The Morgan fingerprint density at radius 3 is 3.20 bits per heavy atom. The molecule has 0 bridgehead atoms. The number of nitrogens with one attached hydrogen (secondary N) is 1. The third kappa shape index (κ3) is 1.41. The molecule has 0 saturated carbocycles. The van der Waals surface area contributed by atoms with Gasteiger partial charge in [0.25, 0.3) is 5.91 Å². The summed E-state index contributed by atoms with van der Waals surface area (Å²) in [5.74, 6) is -0.537. The van der Waals surface area contributed by atoms with E-state index >= 15 is 0 Å². The van der Waals surface area contributed by atoms with Crippen LogP contribution in [0.3, 0.4) is 0 Å². The van der Waals surface area contributed by atoms with E-state index in [1.54, 1.807) is 0 Å². The fourth-order valence-electron chi connectivity index (χ4n) is 0.452. The van der Waals surface area contributed by atoms with Crippen molar-refractivity contribution in [3.63, 3.8) is 0 Å². The van der Waals surface area contributed by atoms with E-state index in [0.717, 1.165) is 0 Å². The van der Waals surface area contributed by atoms with Gasteiger partial charge in [-0.05, 0) is 0 Å². The zero-order valence-corrected chi connectivity index (χ0v) is 5.11.